The first kappa shape index (κ1) is 26.8. The summed E-state index contributed by atoms with van der Waals surface area (Å²) < 4.78 is 41.5. The molecule has 1 amide bonds. The highest BCUT2D eigenvalue weighted by molar-refractivity contribution is 7.90. The molecule has 1 N–H and O–H groups in total. The van der Waals surface area contributed by atoms with Gasteiger partial charge in [-0.25, -0.2) is 0 Å². The SMILES string of the molecule is C#CC(=O)N1CCN(c2cccc(-c3cc(OC)c4c(NS(=O)(=O)N(C)C5CCCCC5)noc4c3)c2)CC1. The predicted molar refractivity (Wildman–Crippen MR) is 151 cm³/mol. The molecular formula is C28H33N5O5S. The highest BCUT2D eigenvalue weighted by Crippen LogP contribution is 2.38. The second kappa shape index (κ2) is 11.2. The number of benzene rings is 2. The van der Waals surface area contributed by atoms with Crippen LogP contribution in [0.4, 0.5) is 11.5 Å². The fourth-order valence-corrected chi connectivity index (χ4v) is 6.54. The summed E-state index contributed by atoms with van der Waals surface area (Å²) in [6.07, 6.45) is 10.1. The molecule has 5 rings (SSSR count). The molecule has 10 nitrogen and oxygen atoms in total. The minimum atomic E-state index is -3.83. The maximum atomic E-state index is 13.1. The Morgan fingerprint density at radius 1 is 1.13 bits per heavy atom. The third kappa shape index (κ3) is 5.53. The van der Waals surface area contributed by atoms with Crippen LogP contribution in [0.3, 0.4) is 0 Å². The molecule has 2 aromatic carbocycles. The predicted octanol–water partition coefficient (Wildman–Crippen LogP) is 3.71. The Labute approximate surface area is 229 Å². The maximum absolute atomic E-state index is 13.1. The van der Waals surface area contributed by atoms with E-state index in [-0.39, 0.29) is 17.8 Å². The summed E-state index contributed by atoms with van der Waals surface area (Å²) in [4.78, 5) is 15.7. The van der Waals surface area contributed by atoms with Gasteiger partial charge in [-0.15, -0.1) is 6.42 Å². The van der Waals surface area contributed by atoms with Gasteiger partial charge in [-0.05, 0) is 54.2 Å². The minimum absolute atomic E-state index is 0.0315. The second-order valence-electron chi connectivity index (χ2n) is 9.97. The van der Waals surface area contributed by atoms with E-state index >= 15 is 0 Å². The lowest BCUT2D eigenvalue weighted by Gasteiger charge is -2.35. The van der Waals surface area contributed by atoms with Crippen LogP contribution in [0.25, 0.3) is 22.1 Å². The molecule has 0 bridgehead atoms. The molecule has 0 spiro atoms. The number of terminal acetylenes is 1. The summed E-state index contributed by atoms with van der Waals surface area (Å²) in [5.41, 5.74) is 3.21. The number of hydrogen-bond acceptors (Lipinski definition) is 7. The van der Waals surface area contributed by atoms with Crippen LogP contribution in [0.2, 0.25) is 0 Å². The molecular weight excluding hydrogens is 518 g/mol. The minimum Gasteiger partial charge on any atom is -0.496 e. The Kier molecular flexibility index (Phi) is 7.68. The molecule has 2 heterocycles. The molecule has 2 aliphatic rings. The van der Waals surface area contributed by atoms with E-state index in [1.807, 2.05) is 30.3 Å². The summed E-state index contributed by atoms with van der Waals surface area (Å²) in [7, 11) is -0.686. The molecule has 1 aromatic heterocycles. The largest absolute Gasteiger partial charge is 0.496 e. The zero-order chi connectivity index (χ0) is 27.6. The number of piperazine rings is 1. The van der Waals surface area contributed by atoms with Crippen LogP contribution in [0.5, 0.6) is 5.75 Å². The van der Waals surface area contributed by atoms with Crippen LogP contribution in [-0.4, -0.2) is 75.1 Å². The van der Waals surface area contributed by atoms with Crippen molar-refractivity contribution in [2.75, 3.05) is 50.0 Å². The van der Waals surface area contributed by atoms with Gasteiger partial charge in [0.25, 0.3) is 5.91 Å². The van der Waals surface area contributed by atoms with E-state index in [2.05, 4.69) is 26.8 Å². The number of anilines is 2. The quantitative estimate of drug-likeness (QED) is 0.446. The summed E-state index contributed by atoms with van der Waals surface area (Å²) in [5.74, 6) is 2.46. The molecule has 0 atom stereocenters. The van der Waals surface area contributed by atoms with Crippen LogP contribution in [0.1, 0.15) is 32.1 Å². The lowest BCUT2D eigenvalue weighted by Crippen LogP contribution is -2.48. The normalized spacial score (nSPS) is 16.9. The Bertz CT molecular complexity index is 1500. The third-order valence-electron chi connectivity index (χ3n) is 7.69. The molecule has 1 saturated carbocycles. The van der Waals surface area contributed by atoms with E-state index in [4.69, 9.17) is 15.7 Å². The smallest absolute Gasteiger partial charge is 0.302 e. The van der Waals surface area contributed by atoms with Gasteiger partial charge in [-0.1, -0.05) is 36.6 Å². The Hall–Kier alpha value is -3.75. The first-order valence-corrected chi connectivity index (χ1v) is 14.6. The van der Waals surface area contributed by atoms with Gasteiger partial charge in [0.1, 0.15) is 11.1 Å². The molecule has 1 aliphatic heterocycles. The second-order valence-corrected chi connectivity index (χ2v) is 11.7. The van der Waals surface area contributed by atoms with Crippen molar-refractivity contribution in [2.45, 2.75) is 38.1 Å². The third-order valence-corrected chi connectivity index (χ3v) is 9.19. The standard InChI is InChI=1S/C28H33N5O5S/c1-4-26(34)33-15-13-32(14-16-33)23-12-8-9-20(17-23)21-18-24(37-3)27-25(19-21)38-29-28(27)30-39(35,36)31(2)22-10-6-5-7-11-22/h1,8-9,12,17-19,22H,5-7,10-11,13-16H2,2-3H3,(H,29,30). The zero-order valence-electron chi connectivity index (χ0n) is 22.2. The molecule has 0 radical (unpaired) electrons. The lowest BCUT2D eigenvalue weighted by molar-refractivity contribution is -0.125. The number of aromatic nitrogens is 1. The number of rotatable bonds is 7. The first-order chi connectivity index (χ1) is 18.8. The number of nitrogens with one attached hydrogen (secondary N) is 1. The highest BCUT2D eigenvalue weighted by Gasteiger charge is 2.30. The van der Waals surface area contributed by atoms with E-state index in [0.29, 0.717) is 42.9 Å². The summed E-state index contributed by atoms with van der Waals surface area (Å²) in [5, 5.41) is 4.51. The van der Waals surface area contributed by atoms with Crippen LogP contribution in [-0.2, 0) is 15.0 Å². The molecule has 39 heavy (non-hydrogen) atoms. The van der Waals surface area contributed by atoms with Crippen LogP contribution in [0.15, 0.2) is 40.9 Å². The molecule has 11 heteroatoms. The average molecular weight is 552 g/mol. The van der Waals surface area contributed by atoms with Gasteiger partial charge in [0.05, 0.1) is 7.11 Å². The van der Waals surface area contributed by atoms with Gasteiger partial charge in [-0.2, -0.15) is 12.7 Å². The van der Waals surface area contributed by atoms with Gasteiger partial charge in [0.15, 0.2) is 11.4 Å². The van der Waals surface area contributed by atoms with Crippen molar-refractivity contribution in [1.82, 2.24) is 14.4 Å². The van der Waals surface area contributed by atoms with E-state index in [9.17, 15) is 13.2 Å². The molecule has 2 fully saturated rings. The molecule has 1 saturated heterocycles. The maximum Gasteiger partial charge on any atom is 0.302 e. The summed E-state index contributed by atoms with van der Waals surface area (Å²) in [6.45, 7) is 2.50. The number of carbonyl (C=O) groups excluding carboxylic acids is 1. The number of fused-ring (bicyclic) bond motifs is 1. The molecule has 0 unspecified atom stereocenters. The summed E-state index contributed by atoms with van der Waals surface area (Å²) >= 11 is 0. The monoisotopic (exact) mass is 551 g/mol. The van der Waals surface area contributed by atoms with Gasteiger partial charge >= 0.3 is 10.2 Å². The molecule has 206 valence electrons. The van der Waals surface area contributed by atoms with Crippen molar-refractivity contribution < 1.29 is 22.5 Å². The van der Waals surface area contributed by atoms with Gasteiger partial charge < -0.3 is 19.1 Å². The average Bonchev–Trinajstić information content (AvgIpc) is 3.38. The van der Waals surface area contributed by atoms with Crippen LogP contribution in [0, 0.1) is 12.3 Å². The van der Waals surface area contributed by atoms with Crippen molar-refractivity contribution in [3.63, 3.8) is 0 Å². The van der Waals surface area contributed by atoms with Crippen molar-refractivity contribution in [3.05, 3.63) is 36.4 Å². The van der Waals surface area contributed by atoms with Gasteiger partial charge in [-0.3, -0.25) is 9.52 Å². The Morgan fingerprint density at radius 2 is 1.87 bits per heavy atom. The highest BCUT2D eigenvalue weighted by atomic mass is 32.2. The van der Waals surface area contributed by atoms with Crippen LogP contribution < -0.4 is 14.4 Å². The van der Waals surface area contributed by atoms with E-state index in [1.165, 1.54) is 11.4 Å². The van der Waals surface area contributed by atoms with Crippen molar-refractivity contribution >= 4 is 38.6 Å². The summed E-state index contributed by atoms with van der Waals surface area (Å²) in [6, 6.07) is 11.7. The number of ether oxygens (including phenoxy) is 1. The number of amides is 1. The number of methoxy groups -OCH3 is 1. The lowest BCUT2D eigenvalue weighted by atomic mass is 9.96. The van der Waals surface area contributed by atoms with Gasteiger partial charge in [0, 0.05) is 45.0 Å². The van der Waals surface area contributed by atoms with E-state index in [0.717, 1.165) is 48.9 Å². The van der Waals surface area contributed by atoms with Crippen molar-refractivity contribution in [1.29, 1.82) is 0 Å². The topological polar surface area (TPSA) is 108 Å². The van der Waals surface area contributed by atoms with Crippen molar-refractivity contribution in [2.24, 2.45) is 0 Å². The van der Waals surface area contributed by atoms with Crippen LogP contribution >= 0.6 is 0 Å². The Morgan fingerprint density at radius 3 is 2.56 bits per heavy atom. The number of nitrogens with zero attached hydrogens (tertiary/aromatic N) is 4. The van der Waals surface area contributed by atoms with Crippen molar-refractivity contribution in [3.8, 4) is 29.2 Å². The fraction of sp³-hybridized carbons (Fsp3) is 0.429. The molecule has 3 aromatic rings. The molecule has 1 aliphatic carbocycles. The van der Waals surface area contributed by atoms with E-state index < -0.39 is 10.2 Å². The number of hydrogen-bond donors (Lipinski definition) is 1. The Balaban J connectivity index is 1.39. The fourth-order valence-electron chi connectivity index (χ4n) is 5.41. The first-order valence-electron chi connectivity index (χ1n) is 13.1. The van der Waals surface area contributed by atoms with Gasteiger partial charge in [0.2, 0.25) is 0 Å². The number of carbonyl (C=O) groups is 1. The zero-order valence-corrected chi connectivity index (χ0v) is 23.0. The van der Waals surface area contributed by atoms with E-state index in [1.54, 1.807) is 11.9 Å².